The van der Waals surface area contributed by atoms with Gasteiger partial charge < -0.3 is 14.8 Å². The molecule has 0 radical (unpaired) electrons. The van der Waals surface area contributed by atoms with Gasteiger partial charge in [0.1, 0.15) is 6.26 Å². The Kier molecular flexibility index (Phi) is 4.91. The maximum atomic E-state index is 11.4. The Hall–Kier alpha value is -1.43. The smallest absolute Gasteiger partial charge is 0.338 e. The third kappa shape index (κ3) is 3.62. The summed E-state index contributed by atoms with van der Waals surface area (Å²) in [7, 11) is 0. The number of rotatable bonds is 6. The number of carboxylic acid groups (broad SMARTS) is 1. The van der Waals surface area contributed by atoms with Gasteiger partial charge in [0.15, 0.2) is 5.76 Å². The van der Waals surface area contributed by atoms with E-state index in [4.69, 9.17) is 9.52 Å². The molecule has 0 atom stereocenters. The summed E-state index contributed by atoms with van der Waals surface area (Å²) in [6.07, 6.45) is 3.92. The molecule has 0 aromatic carbocycles. The third-order valence-corrected chi connectivity index (χ3v) is 2.58. The van der Waals surface area contributed by atoms with Gasteiger partial charge in [-0.15, -0.1) is 0 Å². The van der Waals surface area contributed by atoms with Gasteiger partial charge >= 0.3 is 5.97 Å². The van der Waals surface area contributed by atoms with Crippen LogP contribution >= 0.6 is 11.8 Å². The largest absolute Gasteiger partial charge is 0.478 e. The fourth-order valence-electron chi connectivity index (χ4n) is 1.07. The Morgan fingerprint density at radius 3 is 2.88 bits per heavy atom. The lowest BCUT2D eigenvalue weighted by atomic mass is 10.3. The van der Waals surface area contributed by atoms with Gasteiger partial charge in [0.2, 0.25) is 0 Å². The predicted octanol–water partition coefficient (Wildman–Crippen LogP) is 1.46. The topological polar surface area (TPSA) is 79.5 Å². The molecule has 6 heteroatoms. The molecule has 0 bridgehead atoms. The molecule has 16 heavy (non-hydrogen) atoms. The minimum atomic E-state index is -1.11. The molecule has 1 amide bonds. The van der Waals surface area contributed by atoms with E-state index >= 15 is 0 Å². The molecule has 0 saturated heterocycles. The number of hydrogen-bond acceptors (Lipinski definition) is 4. The van der Waals surface area contributed by atoms with Crippen LogP contribution in [0.2, 0.25) is 0 Å². The average molecular weight is 243 g/mol. The summed E-state index contributed by atoms with van der Waals surface area (Å²) >= 11 is 1.70. The first-order chi connectivity index (χ1) is 7.65. The number of carbonyl (C=O) groups is 2. The summed E-state index contributed by atoms with van der Waals surface area (Å²) in [5.41, 5.74) is -0.0192. The Balaban J connectivity index is 2.43. The first-order valence-electron chi connectivity index (χ1n) is 4.74. The van der Waals surface area contributed by atoms with Crippen LogP contribution in [0.5, 0.6) is 0 Å². The molecule has 0 fully saturated rings. The van der Waals surface area contributed by atoms with E-state index in [1.165, 1.54) is 6.07 Å². The van der Waals surface area contributed by atoms with Gasteiger partial charge in [-0.1, -0.05) is 0 Å². The van der Waals surface area contributed by atoms with E-state index in [1.54, 1.807) is 11.8 Å². The number of carbonyl (C=O) groups excluding carboxylic acids is 1. The van der Waals surface area contributed by atoms with E-state index in [-0.39, 0.29) is 17.2 Å². The van der Waals surface area contributed by atoms with Crippen LogP contribution in [0.3, 0.4) is 0 Å². The molecule has 88 valence electrons. The van der Waals surface area contributed by atoms with E-state index < -0.39 is 5.97 Å². The zero-order valence-corrected chi connectivity index (χ0v) is 9.67. The van der Waals surface area contributed by atoms with Crippen LogP contribution in [-0.2, 0) is 0 Å². The van der Waals surface area contributed by atoms with E-state index in [2.05, 4.69) is 5.32 Å². The Morgan fingerprint density at radius 2 is 2.31 bits per heavy atom. The molecule has 0 unspecified atom stereocenters. The summed E-state index contributed by atoms with van der Waals surface area (Å²) in [6, 6.07) is 1.21. The number of hydrogen-bond donors (Lipinski definition) is 2. The van der Waals surface area contributed by atoms with Crippen LogP contribution in [0.15, 0.2) is 16.7 Å². The molecule has 0 aliphatic carbocycles. The monoisotopic (exact) mass is 243 g/mol. The van der Waals surface area contributed by atoms with Crippen LogP contribution < -0.4 is 5.32 Å². The predicted molar refractivity (Wildman–Crippen MR) is 61.0 cm³/mol. The molecule has 1 aromatic heterocycles. The van der Waals surface area contributed by atoms with Crippen molar-refractivity contribution in [3.05, 3.63) is 23.7 Å². The van der Waals surface area contributed by atoms with Gasteiger partial charge in [-0.05, 0) is 18.4 Å². The standard InChI is InChI=1S/C10H13NO4S/c1-16-4-2-3-11-9(12)8-5-7(6-15-8)10(13)14/h5-6H,2-4H2,1H3,(H,11,12)(H,13,14). The second-order valence-corrected chi connectivity index (χ2v) is 4.09. The zero-order valence-electron chi connectivity index (χ0n) is 8.86. The molecular weight excluding hydrogens is 230 g/mol. The molecule has 5 nitrogen and oxygen atoms in total. The molecule has 0 spiro atoms. The van der Waals surface area contributed by atoms with Crippen LogP contribution in [0.25, 0.3) is 0 Å². The first kappa shape index (κ1) is 12.6. The highest BCUT2D eigenvalue weighted by Crippen LogP contribution is 2.07. The zero-order chi connectivity index (χ0) is 12.0. The highest BCUT2D eigenvalue weighted by atomic mass is 32.2. The number of aromatic carboxylic acids is 1. The van der Waals surface area contributed by atoms with Crippen LogP contribution in [0.1, 0.15) is 27.3 Å². The van der Waals surface area contributed by atoms with Crippen molar-refractivity contribution in [2.75, 3.05) is 18.6 Å². The minimum Gasteiger partial charge on any atom is -0.478 e. The maximum Gasteiger partial charge on any atom is 0.338 e. The van der Waals surface area contributed by atoms with Crippen molar-refractivity contribution in [1.29, 1.82) is 0 Å². The van der Waals surface area contributed by atoms with Crippen molar-refractivity contribution in [3.63, 3.8) is 0 Å². The van der Waals surface area contributed by atoms with E-state index in [0.717, 1.165) is 18.4 Å². The number of nitrogens with one attached hydrogen (secondary N) is 1. The van der Waals surface area contributed by atoms with E-state index in [9.17, 15) is 9.59 Å². The highest BCUT2D eigenvalue weighted by molar-refractivity contribution is 7.98. The van der Waals surface area contributed by atoms with E-state index in [1.807, 2.05) is 6.26 Å². The Morgan fingerprint density at radius 1 is 1.56 bits per heavy atom. The number of thioether (sulfide) groups is 1. The highest BCUT2D eigenvalue weighted by Gasteiger charge is 2.13. The van der Waals surface area contributed by atoms with Crippen LogP contribution in [-0.4, -0.2) is 35.5 Å². The fraction of sp³-hybridized carbons (Fsp3) is 0.400. The maximum absolute atomic E-state index is 11.4. The van der Waals surface area contributed by atoms with E-state index in [0.29, 0.717) is 6.54 Å². The van der Waals surface area contributed by atoms with Crippen LogP contribution in [0, 0.1) is 0 Å². The van der Waals surface area contributed by atoms with Crippen molar-refractivity contribution >= 4 is 23.6 Å². The van der Waals surface area contributed by atoms with Gasteiger partial charge in [-0.3, -0.25) is 4.79 Å². The second-order valence-electron chi connectivity index (χ2n) is 3.11. The van der Waals surface area contributed by atoms with Gasteiger partial charge in [-0.25, -0.2) is 4.79 Å². The second kappa shape index (κ2) is 6.22. The van der Waals surface area contributed by atoms with Gasteiger partial charge in [0.25, 0.3) is 5.91 Å². The third-order valence-electron chi connectivity index (χ3n) is 1.88. The molecular formula is C10H13NO4S. The Labute approximate surface area is 97.2 Å². The molecule has 0 aliphatic heterocycles. The van der Waals surface area contributed by atoms with Gasteiger partial charge in [0, 0.05) is 12.6 Å². The minimum absolute atomic E-state index is 0.0192. The van der Waals surface area contributed by atoms with Gasteiger partial charge in [-0.2, -0.15) is 11.8 Å². The number of carboxylic acids is 1. The summed E-state index contributed by atoms with van der Waals surface area (Å²) < 4.78 is 4.85. The molecule has 1 aromatic rings. The van der Waals surface area contributed by atoms with Crippen LogP contribution in [0.4, 0.5) is 0 Å². The fourth-order valence-corrected chi connectivity index (χ4v) is 1.51. The lowest BCUT2D eigenvalue weighted by Crippen LogP contribution is -2.24. The van der Waals surface area contributed by atoms with Crippen molar-refractivity contribution in [1.82, 2.24) is 5.32 Å². The number of furan rings is 1. The molecule has 1 rings (SSSR count). The molecule has 1 heterocycles. The van der Waals surface area contributed by atoms with Crippen molar-refractivity contribution in [3.8, 4) is 0 Å². The average Bonchev–Trinajstić information content (AvgIpc) is 2.73. The quantitative estimate of drug-likeness (QED) is 0.739. The normalized spacial score (nSPS) is 10.1. The lowest BCUT2D eigenvalue weighted by Gasteiger charge is -2.01. The molecule has 0 aliphatic rings. The first-order valence-corrected chi connectivity index (χ1v) is 6.13. The number of amides is 1. The van der Waals surface area contributed by atoms with Crippen molar-refractivity contribution in [2.45, 2.75) is 6.42 Å². The van der Waals surface area contributed by atoms with Crippen molar-refractivity contribution in [2.24, 2.45) is 0 Å². The lowest BCUT2D eigenvalue weighted by molar-refractivity contribution is 0.0696. The summed E-state index contributed by atoms with van der Waals surface area (Å²) in [5.74, 6) is -0.487. The van der Waals surface area contributed by atoms with Gasteiger partial charge in [0.05, 0.1) is 5.56 Å². The molecule has 2 N–H and O–H groups in total. The Bertz CT molecular complexity index is 375. The SMILES string of the molecule is CSCCCNC(=O)c1cc(C(=O)O)co1. The van der Waals surface area contributed by atoms with Crippen molar-refractivity contribution < 1.29 is 19.1 Å². The summed E-state index contributed by atoms with van der Waals surface area (Å²) in [5, 5.41) is 11.3. The summed E-state index contributed by atoms with van der Waals surface area (Å²) in [6.45, 7) is 0.558. The summed E-state index contributed by atoms with van der Waals surface area (Å²) in [4.78, 5) is 22.0. The molecule has 0 saturated carbocycles.